The van der Waals surface area contributed by atoms with Gasteiger partial charge in [-0.1, -0.05) is 11.6 Å². The Labute approximate surface area is 156 Å². The lowest BCUT2D eigenvalue weighted by Gasteiger charge is -2.33. The molecule has 0 bridgehead atoms. The van der Waals surface area contributed by atoms with Crippen LogP contribution in [0.15, 0.2) is 27.4 Å². The summed E-state index contributed by atoms with van der Waals surface area (Å²) in [6.07, 6.45) is 1.46. The van der Waals surface area contributed by atoms with Gasteiger partial charge in [-0.15, -0.1) is 16.4 Å². The fraction of sp³-hybridized carbons (Fsp3) is 0.417. The van der Waals surface area contributed by atoms with E-state index in [1.54, 1.807) is 11.0 Å². The van der Waals surface area contributed by atoms with Crippen LogP contribution in [-0.2, 0) is 21.4 Å². The highest BCUT2D eigenvalue weighted by Gasteiger charge is 2.31. The van der Waals surface area contributed by atoms with Gasteiger partial charge in [-0.05, 0) is 28.1 Å². The zero-order valence-electron chi connectivity index (χ0n) is 12.3. The fourth-order valence-electron chi connectivity index (χ4n) is 2.33. The van der Waals surface area contributed by atoms with Gasteiger partial charge in [0.15, 0.2) is 0 Å². The lowest BCUT2D eigenvalue weighted by atomic mass is 10.3. The van der Waals surface area contributed by atoms with Crippen LogP contribution in [0.3, 0.4) is 0 Å². The molecule has 0 spiro atoms. The SMILES string of the molecule is O=C(Cn1cnc(Br)n1)N1CCN(S(=O)(=O)c2ccc(Cl)s2)CC1. The monoisotopic (exact) mass is 453 g/mol. The Bertz CT molecular complexity index is 845. The molecule has 0 aliphatic carbocycles. The number of rotatable bonds is 4. The molecule has 0 aromatic carbocycles. The van der Waals surface area contributed by atoms with Crippen LogP contribution in [0.1, 0.15) is 0 Å². The van der Waals surface area contributed by atoms with Crippen LogP contribution < -0.4 is 0 Å². The molecule has 1 amide bonds. The summed E-state index contributed by atoms with van der Waals surface area (Å²) in [6, 6.07) is 3.07. The number of hydrogen-bond acceptors (Lipinski definition) is 6. The van der Waals surface area contributed by atoms with Crippen molar-refractivity contribution in [2.75, 3.05) is 26.2 Å². The number of amides is 1. The number of piperazine rings is 1. The number of sulfonamides is 1. The average Bonchev–Trinajstić information content (AvgIpc) is 3.16. The van der Waals surface area contributed by atoms with Crippen molar-refractivity contribution >= 4 is 54.8 Å². The van der Waals surface area contributed by atoms with Crippen LogP contribution in [0, 0.1) is 0 Å². The molecule has 3 rings (SSSR count). The quantitative estimate of drug-likeness (QED) is 0.694. The molecule has 1 aliphatic rings. The Kier molecular flexibility index (Phi) is 5.25. The van der Waals surface area contributed by atoms with E-state index in [9.17, 15) is 13.2 Å². The molecule has 24 heavy (non-hydrogen) atoms. The number of aromatic nitrogens is 3. The smallest absolute Gasteiger partial charge is 0.252 e. The van der Waals surface area contributed by atoms with Crippen molar-refractivity contribution < 1.29 is 13.2 Å². The molecule has 0 unspecified atom stereocenters. The van der Waals surface area contributed by atoms with Gasteiger partial charge in [0.25, 0.3) is 10.0 Å². The summed E-state index contributed by atoms with van der Waals surface area (Å²) in [7, 11) is -3.55. The maximum atomic E-state index is 12.5. The van der Waals surface area contributed by atoms with Gasteiger partial charge in [0.1, 0.15) is 17.1 Å². The average molecular weight is 455 g/mol. The van der Waals surface area contributed by atoms with Crippen molar-refractivity contribution in [2.45, 2.75) is 10.8 Å². The van der Waals surface area contributed by atoms with Crippen LogP contribution >= 0.6 is 38.9 Å². The molecule has 0 radical (unpaired) electrons. The molecule has 0 saturated carbocycles. The van der Waals surface area contributed by atoms with Crippen molar-refractivity contribution in [3.63, 3.8) is 0 Å². The van der Waals surface area contributed by atoms with Gasteiger partial charge in [-0.3, -0.25) is 4.79 Å². The van der Waals surface area contributed by atoms with Gasteiger partial charge < -0.3 is 4.90 Å². The molecule has 1 fully saturated rings. The summed E-state index contributed by atoms with van der Waals surface area (Å²) in [5, 5.41) is 4.00. The Balaban J connectivity index is 1.60. The number of carbonyl (C=O) groups is 1. The lowest BCUT2D eigenvalue weighted by molar-refractivity contribution is -0.133. The molecule has 8 nitrogen and oxygen atoms in total. The second kappa shape index (κ2) is 7.08. The Morgan fingerprint density at radius 2 is 2.00 bits per heavy atom. The Morgan fingerprint density at radius 3 is 2.54 bits per heavy atom. The third-order valence-electron chi connectivity index (χ3n) is 3.54. The predicted molar refractivity (Wildman–Crippen MR) is 92.4 cm³/mol. The summed E-state index contributed by atoms with van der Waals surface area (Å²) in [5.74, 6) is -0.122. The first-order chi connectivity index (χ1) is 11.4. The number of hydrogen-bond donors (Lipinski definition) is 0. The second-order valence-corrected chi connectivity index (χ2v) is 9.64. The Morgan fingerprint density at radius 1 is 1.29 bits per heavy atom. The molecule has 3 heterocycles. The van der Waals surface area contributed by atoms with E-state index in [0.29, 0.717) is 22.2 Å². The van der Waals surface area contributed by atoms with E-state index >= 15 is 0 Å². The van der Waals surface area contributed by atoms with Crippen molar-refractivity contribution in [3.8, 4) is 0 Å². The molecule has 0 N–H and O–H groups in total. The maximum absolute atomic E-state index is 12.5. The van der Waals surface area contributed by atoms with Crippen LogP contribution in [0.5, 0.6) is 0 Å². The normalized spacial score (nSPS) is 16.5. The third kappa shape index (κ3) is 3.80. The molecule has 0 atom stereocenters. The van der Waals surface area contributed by atoms with Gasteiger partial charge in [0.05, 0.1) is 4.34 Å². The summed E-state index contributed by atoms with van der Waals surface area (Å²) in [6.45, 7) is 1.27. The van der Waals surface area contributed by atoms with Crippen molar-refractivity contribution in [2.24, 2.45) is 0 Å². The third-order valence-corrected chi connectivity index (χ3v) is 7.50. The van der Waals surface area contributed by atoms with Gasteiger partial charge >= 0.3 is 0 Å². The Hall–Kier alpha value is -1.01. The zero-order chi connectivity index (χ0) is 17.3. The number of halogens is 2. The largest absolute Gasteiger partial charge is 0.338 e. The minimum Gasteiger partial charge on any atom is -0.338 e. The zero-order valence-corrected chi connectivity index (χ0v) is 16.3. The number of carbonyl (C=O) groups excluding carboxylic acids is 1. The first-order valence-corrected chi connectivity index (χ1v) is 10.4. The van der Waals surface area contributed by atoms with E-state index in [2.05, 4.69) is 26.0 Å². The fourth-order valence-corrected chi connectivity index (χ4v) is 5.68. The topological polar surface area (TPSA) is 88.4 Å². The van der Waals surface area contributed by atoms with Crippen LogP contribution in [0.2, 0.25) is 4.34 Å². The van der Waals surface area contributed by atoms with Crippen LogP contribution in [-0.4, -0.2) is 64.5 Å². The lowest BCUT2D eigenvalue weighted by Crippen LogP contribution is -2.51. The number of nitrogens with zero attached hydrogens (tertiary/aromatic N) is 5. The standard InChI is InChI=1S/C12H13BrClN5O3S2/c13-12-15-8-18(16-12)7-10(20)17-3-5-19(6-4-17)24(21,22)11-2-1-9(14)23-11/h1-2,8H,3-7H2. The first-order valence-electron chi connectivity index (χ1n) is 6.94. The minimum atomic E-state index is -3.55. The molecule has 1 aliphatic heterocycles. The van der Waals surface area contributed by atoms with Gasteiger partial charge in [0, 0.05) is 26.2 Å². The van der Waals surface area contributed by atoms with Crippen molar-refractivity contribution in [1.82, 2.24) is 24.0 Å². The molecule has 2 aromatic rings. The first kappa shape index (κ1) is 17.8. The van der Waals surface area contributed by atoms with Gasteiger partial charge in [0.2, 0.25) is 10.6 Å². The molecule has 1 saturated heterocycles. The summed E-state index contributed by atoms with van der Waals surface area (Å²) in [4.78, 5) is 17.8. The van der Waals surface area contributed by atoms with Crippen LogP contribution in [0.4, 0.5) is 0 Å². The summed E-state index contributed by atoms with van der Waals surface area (Å²) in [5.41, 5.74) is 0. The highest BCUT2D eigenvalue weighted by Crippen LogP contribution is 2.28. The van der Waals surface area contributed by atoms with Gasteiger partial charge in [-0.25, -0.2) is 18.1 Å². The highest BCUT2D eigenvalue weighted by molar-refractivity contribution is 9.10. The van der Waals surface area contributed by atoms with Gasteiger partial charge in [-0.2, -0.15) is 4.31 Å². The van der Waals surface area contributed by atoms with Crippen molar-refractivity contribution in [3.05, 3.63) is 27.5 Å². The summed E-state index contributed by atoms with van der Waals surface area (Å²) < 4.78 is 28.9. The maximum Gasteiger partial charge on any atom is 0.252 e. The van der Waals surface area contributed by atoms with E-state index in [1.807, 2.05) is 0 Å². The van der Waals surface area contributed by atoms with E-state index in [1.165, 1.54) is 21.4 Å². The molecular formula is C12H13BrClN5O3S2. The number of thiophene rings is 1. The second-order valence-electron chi connectivity index (χ2n) is 5.05. The van der Waals surface area contributed by atoms with E-state index < -0.39 is 10.0 Å². The van der Waals surface area contributed by atoms with E-state index in [4.69, 9.17) is 11.6 Å². The molecule has 2 aromatic heterocycles. The predicted octanol–water partition coefficient (Wildman–Crippen LogP) is 1.29. The molecular weight excluding hydrogens is 442 g/mol. The van der Waals surface area contributed by atoms with E-state index in [0.717, 1.165) is 11.3 Å². The van der Waals surface area contributed by atoms with E-state index in [-0.39, 0.29) is 29.8 Å². The molecule has 130 valence electrons. The molecule has 12 heteroatoms. The highest BCUT2D eigenvalue weighted by atomic mass is 79.9. The van der Waals surface area contributed by atoms with Crippen LogP contribution in [0.25, 0.3) is 0 Å². The summed E-state index contributed by atoms with van der Waals surface area (Å²) >= 11 is 9.97. The minimum absolute atomic E-state index is 0.0753. The van der Waals surface area contributed by atoms with Crippen molar-refractivity contribution in [1.29, 1.82) is 0 Å².